The van der Waals surface area contributed by atoms with E-state index in [0.717, 1.165) is 25.1 Å². The van der Waals surface area contributed by atoms with Crippen molar-refractivity contribution in [1.82, 2.24) is 0 Å². The third kappa shape index (κ3) is 3.52. The van der Waals surface area contributed by atoms with Crippen molar-refractivity contribution < 1.29 is 4.92 Å². The standard InChI is InChI=1S/C16H21N3O2/c1-12(2)11-18(14-5-3-4-6-14)15-8-7-13(10-17)16(9-15)19(20)21/h7-9,12,14H,3-6,11H2,1-2H3. The van der Waals surface area contributed by atoms with Crippen LogP contribution in [-0.2, 0) is 0 Å². The molecule has 0 spiro atoms. The topological polar surface area (TPSA) is 70.2 Å². The first kappa shape index (κ1) is 15.3. The Labute approximate surface area is 125 Å². The van der Waals surface area contributed by atoms with E-state index in [9.17, 15) is 10.1 Å². The van der Waals surface area contributed by atoms with Crippen LogP contribution in [0.4, 0.5) is 11.4 Å². The predicted molar refractivity (Wildman–Crippen MR) is 82.3 cm³/mol. The summed E-state index contributed by atoms with van der Waals surface area (Å²) in [6.07, 6.45) is 4.72. The number of nitrogens with zero attached hydrogens (tertiary/aromatic N) is 3. The normalized spacial score (nSPS) is 15.1. The van der Waals surface area contributed by atoms with Crippen molar-refractivity contribution >= 4 is 11.4 Å². The molecule has 1 aromatic rings. The Hall–Kier alpha value is -2.09. The SMILES string of the molecule is CC(C)CN(c1ccc(C#N)c([N+](=O)[O-])c1)C1CCCC1. The van der Waals surface area contributed by atoms with Crippen LogP contribution in [-0.4, -0.2) is 17.5 Å². The molecule has 5 heteroatoms. The molecule has 0 atom stereocenters. The molecular formula is C16H21N3O2. The van der Waals surface area contributed by atoms with Gasteiger partial charge in [0.1, 0.15) is 11.6 Å². The van der Waals surface area contributed by atoms with Gasteiger partial charge in [0.2, 0.25) is 0 Å². The fraction of sp³-hybridized carbons (Fsp3) is 0.562. The van der Waals surface area contributed by atoms with Crippen molar-refractivity contribution in [3.05, 3.63) is 33.9 Å². The van der Waals surface area contributed by atoms with Gasteiger partial charge in [-0.1, -0.05) is 26.7 Å². The zero-order chi connectivity index (χ0) is 15.4. The summed E-state index contributed by atoms with van der Waals surface area (Å²) in [5, 5.41) is 20.1. The molecular weight excluding hydrogens is 266 g/mol. The smallest absolute Gasteiger partial charge is 0.289 e. The number of nitro benzene ring substituents is 1. The first-order valence-electron chi connectivity index (χ1n) is 7.48. The second-order valence-electron chi connectivity index (χ2n) is 6.05. The minimum atomic E-state index is -0.468. The molecule has 0 N–H and O–H groups in total. The molecule has 1 aromatic carbocycles. The van der Waals surface area contributed by atoms with Crippen LogP contribution >= 0.6 is 0 Å². The zero-order valence-corrected chi connectivity index (χ0v) is 12.6. The average molecular weight is 287 g/mol. The van der Waals surface area contributed by atoms with Crippen LogP contribution < -0.4 is 4.90 Å². The second kappa shape index (κ2) is 6.57. The molecule has 0 amide bonds. The van der Waals surface area contributed by atoms with Crippen molar-refractivity contribution in [2.45, 2.75) is 45.6 Å². The van der Waals surface area contributed by atoms with Crippen molar-refractivity contribution in [2.75, 3.05) is 11.4 Å². The van der Waals surface area contributed by atoms with Crippen LogP contribution in [0.2, 0.25) is 0 Å². The van der Waals surface area contributed by atoms with Gasteiger partial charge in [0.05, 0.1) is 4.92 Å². The molecule has 1 saturated carbocycles. The summed E-state index contributed by atoms with van der Waals surface area (Å²) in [7, 11) is 0. The summed E-state index contributed by atoms with van der Waals surface area (Å²) in [5.74, 6) is 0.486. The Morgan fingerprint density at radius 2 is 2.10 bits per heavy atom. The average Bonchev–Trinajstić information content (AvgIpc) is 2.97. The summed E-state index contributed by atoms with van der Waals surface area (Å²) >= 11 is 0. The van der Waals surface area contributed by atoms with Crippen molar-refractivity contribution in [3.63, 3.8) is 0 Å². The van der Waals surface area contributed by atoms with Gasteiger partial charge in [0.15, 0.2) is 0 Å². The van der Waals surface area contributed by atoms with E-state index in [1.165, 1.54) is 12.8 Å². The highest BCUT2D eigenvalue weighted by Gasteiger charge is 2.25. The largest absolute Gasteiger partial charge is 0.368 e. The summed E-state index contributed by atoms with van der Waals surface area (Å²) < 4.78 is 0. The number of nitro groups is 1. The third-order valence-corrected chi connectivity index (χ3v) is 3.96. The van der Waals surface area contributed by atoms with Crippen molar-refractivity contribution in [2.24, 2.45) is 5.92 Å². The fourth-order valence-electron chi connectivity index (χ4n) is 3.02. The lowest BCUT2D eigenvalue weighted by atomic mass is 10.1. The highest BCUT2D eigenvalue weighted by Crippen LogP contribution is 2.32. The second-order valence-corrected chi connectivity index (χ2v) is 6.05. The van der Waals surface area contributed by atoms with E-state index in [0.29, 0.717) is 12.0 Å². The minimum absolute atomic E-state index is 0.0956. The number of anilines is 1. The number of hydrogen-bond donors (Lipinski definition) is 0. The van der Waals surface area contributed by atoms with Crippen LogP contribution in [0.25, 0.3) is 0 Å². The van der Waals surface area contributed by atoms with Gasteiger partial charge in [-0.05, 0) is 30.9 Å². The summed E-state index contributed by atoms with van der Waals surface area (Å²) in [6.45, 7) is 5.19. The molecule has 0 bridgehead atoms. The Kier molecular flexibility index (Phi) is 4.79. The molecule has 5 nitrogen and oxygen atoms in total. The van der Waals surface area contributed by atoms with Gasteiger partial charge in [0.25, 0.3) is 5.69 Å². The molecule has 0 saturated heterocycles. The molecule has 0 heterocycles. The van der Waals surface area contributed by atoms with E-state index in [1.54, 1.807) is 12.1 Å². The number of hydrogen-bond acceptors (Lipinski definition) is 4. The van der Waals surface area contributed by atoms with Gasteiger partial charge in [-0.15, -0.1) is 0 Å². The molecule has 0 radical (unpaired) electrons. The maximum Gasteiger partial charge on any atom is 0.289 e. The maximum atomic E-state index is 11.1. The molecule has 0 aromatic heterocycles. The first-order chi connectivity index (χ1) is 10.0. The highest BCUT2D eigenvalue weighted by molar-refractivity contribution is 5.60. The van der Waals surface area contributed by atoms with E-state index in [-0.39, 0.29) is 11.3 Å². The van der Waals surface area contributed by atoms with Crippen LogP contribution in [0.1, 0.15) is 45.1 Å². The van der Waals surface area contributed by atoms with Gasteiger partial charge in [-0.25, -0.2) is 0 Å². The molecule has 21 heavy (non-hydrogen) atoms. The van der Waals surface area contributed by atoms with E-state index in [4.69, 9.17) is 5.26 Å². The molecule has 2 rings (SSSR count). The lowest BCUT2D eigenvalue weighted by Crippen LogP contribution is -2.36. The van der Waals surface area contributed by atoms with Gasteiger partial charge in [-0.3, -0.25) is 10.1 Å². The van der Waals surface area contributed by atoms with E-state index in [1.807, 2.05) is 12.1 Å². The minimum Gasteiger partial charge on any atom is -0.368 e. The fourth-order valence-corrected chi connectivity index (χ4v) is 3.02. The lowest BCUT2D eigenvalue weighted by molar-refractivity contribution is -0.385. The Morgan fingerprint density at radius 1 is 1.43 bits per heavy atom. The molecule has 0 unspecified atom stereocenters. The van der Waals surface area contributed by atoms with Crippen LogP contribution in [0.3, 0.4) is 0 Å². The summed E-state index contributed by atoms with van der Waals surface area (Å²) in [6, 6.07) is 7.31. The predicted octanol–water partition coefficient (Wildman–Crippen LogP) is 3.87. The van der Waals surface area contributed by atoms with Gasteiger partial charge in [0, 0.05) is 24.3 Å². The molecule has 112 valence electrons. The quantitative estimate of drug-likeness (QED) is 0.609. The van der Waals surface area contributed by atoms with E-state index >= 15 is 0 Å². The molecule has 1 aliphatic carbocycles. The van der Waals surface area contributed by atoms with E-state index in [2.05, 4.69) is 18.7 Å². The third-order valence-electron chi connectivity index (χ3n) is 3.96. The van der Waals surface area contributed by atoms with Crippen molar-refractivity contribution in [1.29, 1.82) is 5.26 Å². The monoisotopic (exact) mass is 287 g/mol. The Morgan fingerprint density at radius 3 is 2.62 bits per heavy atom. The maximum absolute atomic E-state index is 11.1. The number of rotatable bonds is 5. The number of benzene rings is 1. The molecule has 1 aliphatic rings. The molecule has 0 aliphatic heterocycles. The zero-order valence-electron chi connectivity index (χ0n) is 12.6. The molecule has 1 fully saturated rings. The Balaban J connectivity index is 2.37. The Bertz CT molecular complexity index is 557. The van der Waals surface area contributed by atoms with Crippen LogP contribution in [0, 0.1) is 27.4 Å². The first-order valence-corrected chi connectivity index (χ1v) is 7.48. The van der Waals surface area contributed by atoms with Gasteiger partial charge < -0.3 is 4.90 Å². The van der Waals surface area contributed by atoms with Gasteiger partial charge in [-0.2, -0.15) is 5.26 Å². The highest BCUT2D eigenvalue weighted by atomic mass is 16.6. The van der Waals surface area contributed by atoms with Gasteiger partial charge >= 0.3 is 0 Å². The van der Waals surface area contributed by atoms with E-state index < -0.39 is 4.92 Å². The van der Waals surface area contributed by atoms with Crippen LogP contribution in [0.15, 0.2) is 18.2 Å². The number of nitriles is 1. The van der Waals surface area contributed by atoms with Crippen LogP contribution in [0.5, 0.6) is 0 Å². The lowest BCUT2D eigenvalue weighted by Gasteiger charge is -2.32. The van der Waals surface area contributed by atoms with Crippen molar-refractivity contribution in [3.8, 4) is 6.07 Å². The summed E-state index contributed by atoms with van der Waals surface area (Å²) in [4.78, 5) is 13.0. The summed E-state index contributed by atoms with van der Waals surface area (Å²) in [5.41, 5.74) is 0.891.